The van der Waals surface area contributed by atoms with Gasteiger partial charge in [-0.2, -0.15) is 16.7 Å². The maximum Gasteiger partial charge on any atom is 0.239 e. The molecule has 0 aliphatic carbocycles. The van der Waals surface area contributed by atoms with Gasteiger partial charge in [0, 0.05) is 12.3 Å². The monoisotopic (exact) mass is 255 g/mol. The van der Waals surface area contributed by atoms with E-state index in [1.165, 1.54) is 0 Å². The topological polar surface area (TPSA) is 60.2 Å². The van der Waals surface area contributed by atoms with Crippen LogP contribution in [0.4, 0.5) is 11.5 Å². The molecular formula is C12H21N3OS. The van der Waals surface area contributed by atoms with Gasteiger partial charge in [0.25, 0.3) is 0 Å². The minimum Gasteiger partial charge on any atom is -0.476 e. The van der Waals surface area contributed by atoms with Gasteiger partial charge in [0.05, 0.1) is 12.3 Å². The molecule has 0 radical (unpaired) electrons. The van der Waals surface area contributed by atoms with E-state index in [0.717, 1.165) is 18.1 Å². The Morgan fingerprint density at radius 2 is 2.24 bits per heavy atom. The van der Waals surface area contributed by atoms with E-state index in [2.05, 4.69) is 30.4 Å². The van der Waals surface area contributed by atoms with Crippen LogP contribution in [0.15, 0.2) is 12.1 Å². The van der Waals surface area contributed by atoms with Crippen LogP contribution in [0.1, 0.15) is 13.8 Å². The summed E-state index contributed by atoms with van der Waals surface area (Å²) in [5.74, 6) is 2.85. The molecule has 1 aromatic rings. The third kappa shape index (κ3) is 5.17. The van der Waals surface area contributed by atoms with Gasteiger partial charge in [-0.3, -0.25) is 0 Å². The van der Waals surface area contributed by atoms with Gasteiger partial charge in [0.2, 0.25) is 5.88 Å². The Kier molecular flexibility index (Phi) is 5.97. The van der Waals surface area contributed by atoms with Gasteiger partial charge in [-0.15, -0.1) is 0 Å². The first-order valence-electron chi connectivity index (χ1n) is 5.75. The van der Waals surface area contributed by atoms with E-state index in [9.17, 15) is 0 Å². The molecule has 0 bridgehead atoms. The van der Waals surface area contributed by atoms with Crippen molar-refractivity contribution < 1.29 is 4.74 Å². The Morgan fingerprint density at radius 1 is 1.47 bits per heavy atom. The molecule has 0 spiro atoms. The zero-order valence-electron chi connectivity index (χ0n) is 10.7. The second-order valence-electron chi connectivity index (χ2n) is 4.22. The second-order valence-corrected chi connectivity index (χ2v) is 5.20. The molecule has 0 aliphatic heterocycles. The van der Waals surface area contributed by atoms with Gasteiger partial charge in [0.1, 0.15) is 5.82 Å². The standard InChI is InChI=1S/C12H21N3OS/c1-9(2)8-16-12-10(13)4-5-11(15-12)14-6-7-17-3/h4-5,9H,6-8,13H2,1-3H3,(H,14,15). The molecule has 5 heteroatoms. The lowest BCUT2D eigenvalue weighted by Crippen LogP contribution is -2.10. The Bertz CT molecular complexity index is 345. The Labute approximate surface area is 107 Å². The number of nitrogens with one attached hydrogen (secondary N) is 1. The van der Waals surface area contributed by atoms with Crippen LogP contribution in [0, 0.1) is 5.92 Å². The predicted octanol–water partition coefficient (Wildman–Crippen LogP) is 2.47. The van der Waals surface area contributed by atoms with E-state index in [0.29, 0.717) is 24.1 Å². The van der Waals surface area contributed by atoms with E-state index in [1.54, 1.807) is 11.8 Å². The molecule has 0 saturated heterocycles. The summed E-state index contributed by atoms with van der Waals surface area (Å²) in [7, 11) is 0. The number of nitrogens with zero attached hydrogens (tertiary/aromatic N) is 1. The number of aromatic nitrogens is 1. The normalized spacial score (nSPS) is 10.6. The van der Waals surface area contributed by atoms with Crippen molar-refractivity contribution in [3.63, 3.8) is 0 Å². The summed E-state index contributed by atoms with van der Waals surface area (Å²) in [4.78, 5) is 4.35. The summed E-state index contributed by atoms with van der Waals surface area (Å²) in [5, 5.41) is 3.23. The van der Waals surface area contributed by atoms with E-state index in [4.69, 9.17) is 10.5 Å². The zero-order chi connectivity index (χ0) is 12.7. The summed E-state index contributed by atoms with van der Waals surface area (Å²) < 4.78 is 5.56. The minimum absolute atomic E-state index is 0.462. The fourth-order valence-electron chi connectivity index (χ4n) is 1.19. The van der Waals surface area contributed by atoms with Crippen molar-refractivity contribution in [3.05, 3.63) is 12.1 Å². The lowest BCUT2D eigenvalue weighted by atomic mass is 10.2. The first-order chi connectivity index (χ1) is 8.13. The smallest absolute Gasteiger partial charge is 0.239 e. The van der Waals surface area contributed by atoms with Crippen LogP contribution in [-0.2, 0) is 0 Å². The summed E-state index contributed by atoms with van der Waals surface area (Å²) in [6.45, 7) is 5.71. The van der Waals surface area contributed by atoms with Gasteiger partial charge < -0.3 is 15.8 Å². The minimum atomic E-state index is 0.462. The van der Waals surface area contributed by atoms with Crippen LogP contribution in [0.5, 0.6) is 5.88 Å². The Balaban J connectivity index is 2.59. The number of rotatable bonds is 7. The maximum absolute atomic E-state index is 5.81. The molecule has 0 amide bonds. The van der Waals surface area contributed by atoms with Crippen molar-refractivity contribution in [1.82, 2.24) is 4.98 Å². The lowest BCUT2D eigenvalue weighted by Gasteiger charge is -2.12. The summed E-state index contributed by atoms with van der Waals surface area (Å²) >= 11 is 1.80. The highest BCUT2D eigenvalue weighted by atomic mass is 32.2. The molecular weight excluding hydrogens is 234 g/mol. The first-order valence-corrected chi connectivity index (χ1v) is 7.15. The first kappa shape index (κ1) is 14.0. The van der Waals surface area contributed by atoms with Crippen LogP contribution < -0.4 is 15.8 Å². The molecule has 1 aromatic heterocycles. The molecule has 96 valence electrons. The number of pyridine rings is 1. The lowest BCUT2D eigenvalue weighted by molar-refractivity contribution is 0.263. The SMILES string of the molecule is CSCCNc1ccc(N)c(OCC(C)C)n1. The predicted molar refractivity (Wildman–Crippen MR) is 75.9 cm³/mol. The molecule has 0 fully saturated rings. The van der Waals surface area contributed by atoms with Gasteiger partial charge >= 0.3 is 0 Å². The summed E-state index contributed by atoms with van der Waals surface area (Å²) in [6.07, 6.45) is 2.08. The molecule has 0 aliphatic rings. The van der Waals surface area contributed by atoms with Crippen LogP contribution in [0.25, 0.3) is 0 Å². The number of hydrogen-bond donors (Lipinski definition) is 2. The van der Waals surface area contributed by atoms with Crippen molar-refractivity contribution in [2.75, 3.05) is 36.2 Å². The van der Waals surface area contributed by atoms with E-state index in [1.807, 2.05) is 12.1 Å². The molecule has 1 rings (SSSR count). The number of nitrogens with two attached hydrogens (primary N) is 1. The van der Waals surface area contributed by atoms with E-state index >= 15 is 0 Å². The molecule has 0 aromatic carbocycles. The number of anilines is 2. The van der Waals surface area contributed by atoms with E-state index in [-0.39, 0.29) is 0 Å². The van der Waals surface area contributed by atoms with Gasteiger partial charge in [-0.25, -0.2) is 0 Å². The number of ether oxygens (including phenoxy) is 1. The number of hydrogen-bond acceptors (Lipinski definition) is 5. The van der Waals surface area contributed by atoms with Gasteiger partial charge in [-0.1, -0.05) is 13.8 Å². The zero-order valence-corrected chi connectivity index (χ0v) is 11.5. The third-order valence-corrected chi connectivity index (χ3v) is 2.67. The van der Waals surface area contributed by atoms with Crippen LogP contribution >= 0.6 is 11.8 Å². The Hall–Kier alpha value is -1.10. The molecule has 17 heavy (non-hydrogen) atoms. The highest BCUT2D eigenvalue weighted by molar-refractivity contribution is 7.98. The average molecular weight is 255 g/mol. The molecule has 3 N–H and O–H groups in total. The van der Waals surface area contributed by atoms with Gasteiger partial charge in [0.15, 0.2) is 0 Å². The van der Waals surface area contributed by atoms with Crippen molar-refractivity contribution in [2.45, 2.75) is 13.8 Å². The highest BCUT2D eigenvalue weighted by Gasteiger charge is 2.05. The fourth-order valence-corrected chi connectivity index (χ4v) is 1.50. The molecule has 1 heterocycles. The summed E-state index contributed by atoms with van der Waals surface area (Å²) in [6, 6.07) is 3.70. The molecule has 0 unspecified atom stereocenters. The molecule has 0 atom stereocenters. The third-order valence-electron chi connectivity index (χ3n) is 2.06. The summed E-state index contributed by atoms with van der Waals surface area (Å²) in [5.41, 5.74) is 6.40. The van der Waals surface area contributed by atoms with Crippen LogP contribution in [-0.4, -0.2) is 30.1 Å². The number of thioether (sulfide) groups is 1. The highest BCUT2D eigenvalue weighted by Crippen LogP contribution is 2.21. The number of nitrogen functional groups attached to an aromatic ring is 1. The Morgan fingerprint density at radius 3 is 2.88 bits per heavy atom. The fraction of sp³-hybridized carbons (Fsp3) is 0.583. The molecule has 4 nitrogen and oxygen atoms in total. The second kappa shape index (κ2) is 7.27. The largest absolute Gasteiger partial charge is 0.476 e. The van der Waals surface area contributed by atoms with E-state index < -0.39 is 0 Å². The quantitative estimate of drug-likeness (QED) is 0.733. The maximum atomic E-state index is 5.81. The average Bonchev–Trinajstić information content (AvgIpc) is 2.29. The molecule has 0 saturated carbocycles. The van der Waals surface area contributed by atoms with Crippen molar-refractivity contribution in [2.24, 2.45) is 5.92 Å². The van der Waals surface area contributed by atoms with Crippen molar-refractivity contribution >= 4 is 23.3 Å². The van der Waals surface area contributed by atoms with Crippen molar-refractivity contribution in [3.8, 4) is 5.88 Å². The van der Waals surface area contributed by atoms with Gasteiger partial charge in [-0.05, 0) is 24.3 Å². The van der Waals surface area contributed by atoms with Crippen molar-refractivity contribution in [1.29, 1.82) is 0 Å². The van der Waals surface area contributed by atoms with Crippen LogP contribution in [0.2, 0.25) is 0 Å². The van der Waals surface area contributed by atoms with Crippen LogP contribution in [0.3, 0.4) is 0 Å².